The molecule has 0 radical (unpaired) electrons. The minimum Gasteiger partial charge on any atom is -0.366 e. The fraction of sp³-hybridized carbons (Fsp3) is 0.318. The third-order valence-electron chi connectivity index (χ3n) is 5.75. The SMILES string of the molecule is Fc1ccccc1N1CCN(c2cnnc(N3CCc4ccccc4C3)n2)CC1. The lowest BCUT2D eigenvalue weighted by atomic mass is 10.0. The van der Waals surface area contributed by atoms with E-state index in [2.05, 4.69) is 49.2 Å². The van der Waals surface area contributed by atoms with Crippen molar-refractivity contribution < 1.29 is 4.39 Å². The summed E-state index contributed by atoms with van der Waals surface area (Å²) in [4.78, 5) is 11.3. The molecule has 0 N–H and O–H groups in total. The van der Waals surface area contributed by atoms with E-state index >= 15 is 0 Å². The molecule has 2 aromatic carbocycles. The molecule has 0 atom stereocenters. The lowest BCUT2D eigenvalue weighted by Crippen LogP contribution is -2.47. The van der Waals surface area contributed by atoms with Gasteiger partial charge < -0.3 is 14.7 Å². The van der Waals surface area contributed by atoms with Gasteiger partial charge in [0.05, 0.1) is 11.9 Å². The van der Waals surface area contributed by atoms with E-state index in [0.717, 1.165) is 51.5 Å². The predicted octanol–water partition coefficient (Wildman–Crippen LogP) is 2.90. The predicted molar refractivity (Wildman–Crippen MR) is 112 cm³/mol. The summed E-state index contributed by atoms with van der Waals surface area (Å²) in [5.41, 5.74) is 3.39. The van der Waals surface area contributed by atoms with E-state index in [1.807, 2.05) is 12.1 Å². The second kappa shape index (κ2) is 7.66. The second-order valence-corrected chi connectivity index (χ2v) is 7.48. The number of nitrogens with zero attached hydrogens (tertiary/aromatic N) is 6. The largest absolute Gasteiger partial charge is 0.366 e. The normalized spacial score (nSPS) is 16.7. The topological polar surface area (TPSA) is 48.4 Å². The summed E-state index contributed by atoms with van der Waals surface area (Å²) in [6.07, 6.45) is 2.71. The van der Waals surface area contributed by atoms with Gasteiger partial charge in [-0.1, -0.05) is 36.4 Å². The van der Waals surface area contributed by atoms with Crippen LogP contribution in [0.5, 0.6) is 0 Å². The van der Waals surface area contributed by atoms with Crippen molar-refractivity contribution in [2.24, 2.45) is 0 Å². The lowest BCUT2D eigenvalue weighted by Gasteiger charge is -2.37. The third kappa shape index (κ3) is 3.60. The van der Waals surface area contributed by atoms with Crippen molar-refractivity contribution in [2.75, 3.05) is 47.4 Å². The summed E-state index contributed by atoms with van der Waals surface area (Å²) in [6.45, 7) is 4.74. The van der Waals surface area contributed by atoms with Crippen LogP contribution in [0.4, 0.5) is 21.8 Å². The molecule has 1 saturated heterocycles. The summed E-state index contributed by atoms with van der Waals surface area (Å²) in [5.74, 6) is 1.34. The molecule has 148 valence electrons. The van der Waals surface area contributed by atoms with Gasteiger partial charge in [0.1, 0.15) is 5.82 Å². The number of anilines is 3. The average molecular weight is 390 g/mol. The van der Waals surface area contributed by atoms with Gasteiger partial charge in [-0.2, -0.15) is 10.1 Å². The monoisotopic (exact) mass is 390 g/mol. The molecule has 0 saturated carbocycles. The van der Waals surface area contributed by atoms with Gasteiger partial charge in [-0.05, 0) is 29.7 Å². The highest BCUT2D eigenvalue weighted by atomic mass is 19.1. The Hall–Kier alpha value is -3.22. The molecule has 29 heavy (non-hydrogen) atoms. The highest BCUT2D eigenvalue weighted by Crippen LogP contribution is 2.24. The molecule has 6 nitrogen and oxygen atoms in total. The van der Waals surface area contributed by atoms with Gasteiger partial charge in [-0.15, -0.1) is 5.10 Å². The lowest BCUT2D eigenvalue weighted by molar-refractivity contribution is 0.594. The number of hydrogen-bond donors (Lipinski definition) is 0. The third-order valence-corrected chi connectivity index (χ3v) is 5.75. The second-order valence-electron chi connectivity index (χ2n) is 7.48. The summed E-state index contributed by atoms with van der Waals surface area (Å²) < 4.78 is 14.1. The molecular weight excluding hydrogens is 367 g/mol. The van der Waals surface area contributed by atoms with Crippen LogP contribution < -0.4 is 14.7 Å². The van der Waals surface area contributed by atoms with E-state index in [1.54, 1.807) is 12.3 Å². The summed E-state index contributed by atoms with van der Waals surface area (Å²) in [6, 6.07) is 15.5. The van der Waals surface area contributed by atoms with E-state index in [9.17, 15) is 4.39 Å². The maximum absolute atomic E-state index is 14.1. The maximum atomic E-state index is 14.1. The number of fused-ring (bicyclic) bond motifs is 1. The van der Waals surface area contributed by atoms with E-state index < -0.39 is 0 Å². The molecule has 0 aliphatic carbocycles. The fourth-order valence-corrected chi connectivity index (χ4v) is 4.12. The van der Waals surface area contributed by atoms with Crippen molar-refractivity contribution in [1.82, 2.24) is 15.2 Å². The molecule has 0 amide bonds. The van der Waals surface area contributed by atoms with Crippen LogP contribution in [0.15, 0.2) is 54.7 Å². The molecule has 3 heterocycles. The molecule has 3 aromatic rings. The van der Waals surface area contributed by atoms with Crippen LogP contribution in [0.3, 0.4) is 0 Å². The molecule has 2 aliphatic heterocycles. The minimum atomic E-state index is -0.169. The maximum Gasteiger partial charge on any atom is 0.247 e. The van der Waals surface area contributed by atoms with E-state index in [-0.39, 0.29) is 5.82 Å². The molecule has 1 fully saturated rings. The molecule has 5 rings (SSSR count). The zero-order valence-electron chi connectivity index (χ0n) is 16.2. The van der Waals surface area contributed by atoms with Gasteiger partial charge in [-0.25, -0.2) is 4.39 Å². The van der Waals surface area contributed by atoms with E-state index in [4.69, 9.17) is 4.98 Å². The zero-order valence-corrected chi connectivity index (χ0v) is 16.2. The first-order valence-electron chi connectivity index (χ1n) is 10.0. The van der Waals surface area contributed by atoms with Gasteiger partial charge in [0, 0.05) is 39.3 Å². The molecule has 0 bridgehead atoms. The van der Waals surface area contributed by atoms with Gasteiger partial charge in [0.15, 0.2) is 5.82 Å². The van der Waals surface area contributed by atoms with Crippen LogP contribution >= 0.6 is 0 Å². The fourth-order valence-electron chi connectivity index (χ4n) is 4.12. The van der Waals surface area contributed by atoms with Crippen molar-refractivity contribution in [3.05, 3.63) is 71.7 Å². The molecule has 7 heteroatoms. The quantitative estimate of drug-likeness (QED) is 0.685. The number of para-hydroxylation sites is 1. The van der Waals surface area contributed by atoms with Crippen molar-refractivity contribution in [3.63, 3.8) is 0 Å². The standard InChI is InChI=1S/C22H23FN6/c23-19-7-3-4-8-20(19)27-11-13-28(14-12-27)21-15-24-26-22(25-21)29-10-9-17-5-1-2-6-18(17)16-29/h1-8,15H,9-14,16H2. The highest BCUT2D eigenvalue weighted by Gasteiger charge is 2.23. The summed E-state index contributed by atoms with van der Waals surface area (Å²) in [7, 11) is 0. The molecule has 2 aliphatic rings. The molecular formula is C22H23FN6. The van der Waals surface area contributed by atoms with E-state index in [0.29, 0.717) is 11.6 Å². The number of rotatable bonds is 3. The molecule has 0 spiro atoms. The number of hydrogen-bond acceptors (Lipinski definition) is 6. The van der Waals surface area contributed by atoms with Crippen LogP contribution in [0.1, 0.15) is 11.1 Å². The summed E-state index contributed by atoms with van der Waals surface area (Å²) in [5, 5.41) is 8.50. The molecule has 0 unspecified atom stereocenters. The molecule has 1 aromatic heterocycles. The van der Waals surface area contributed by atoms with Crippen molar-refractivity contribution in [3.8, 4) is 0 Å². The Morgan fingerprint density at radius 2 is 1.48 bits per heavy atom. The van der Waals surface area contributed by atoms with E-state index in [1.165, 1.54) is 17.2 Å². The van der Waals surface area contributed by atoms with Gasteiger partial charge in [0.25, 0.3) is 0 Å². The number of aromatic nitrogens is 3. The van der Waals surface area contributed by atoms with Gasteiger partial charge >= 0.3 is 0 Å². The van der Waals surface area contributed by atoms with Crippen molar-refractivity contribution >= 4 is 17.5 Å². The Bertz CT molecular complexity index is 1000. The van der Waals surface area contributed by atoms with Crippen molar-refractivity contribution in [2.45, 2.75) is 13.0 Å². The number of halogens is 1. The Morgan fingerprint density at radius 3 is 2.31 bits per heavy atom. The van der Waals surface area contributed by atoms with Crippen LogP contribution in [0.25, 0.3) is 0 Å². The van der Waals surface area contributed by atoms with Crippen molar-refractivity contribution in [1.29, 1.82) is 0 Å². The van der Waals surface area contributed by atoms with Gasteiger partial charge in [0.2, 0.25) is 5.95 Å². The Kier molecular flexibility index (Phi) is 4.71. The first-order chi connectivity index (χ1) is 14.3. The number of piperazine rings is 1. The average Bonchev–Trinajstić information content (AvgIpc) is 2.79. The summed E-state index contributed by atoms with van der Waals surface area (Å²) >= 11 is 0. The number of benzene rings is 2. The minimum absolute atomic E-state index is 0.169. The zero-order chi connectivity index (χ0) is 19.6. The Morgan fingerprint density at radius 1 is 0.759 bits per heavy atom. The smallest absolute Gasteiger partial charge is 0.247 e. The first-order valence-corrected chi connectivity index (χ1v) is 10.0. The Labute approximate surface area is 169 Å². The van der Waals surface area contributed by atoms with Gasteiger partial charge in [-0.3, -0.25) is 0 Å². The van der Waals surface area contributed by atoms with Crippen LogP contribution in [0, 0.1) is 5.82 Å². The van der Waals surface area contributed by atoms with Crippen LogP contribution in [-0.2, 0) is 13.0 Å². The van der Waals surface area contributed by atoms with Crippen LogP contribution in [-0.4, -0.2) is 47.9 Å². The Balaban J connectivity index is 1.28. The first kappa shape index (κ1) is 17.8. The van der Waals surface area contributed by atoms with Crippen LogP contribution in [0.2, 0.25) is 0 Å². The highest BCUT2D eigenvalue weighted by molar-refractivity contribution is 5.51.